The van der Waals surface area contributed by atoms with Gasteiger partial charge in [0.1, 0.15) is 5.75 Å². The minimum atomic E-state index is -0.950. The lowest BCUT2D eigenvalue weighted by Gasteiger charge is -2.31. The molecule has 1 aromatic heterocycles. The minimum absolute atomic E-state index is 0.0152. The summed E-state index contributed by atoms with van der Waals surface area (Å²) in [6.45, 7) is 9.52. The standard InChI is InChI=1S/C23H24FN5O2/c1-12-8-16(9-13(2)14(12)3)27-22-25-11-17(24)20(29-22)26-15-6-7-19-18(10-15)28-21(30)23(4,5)31-19/h6-11H,1-5H3,(H,28,30)(H2,25,26,27,29). The Morgan fingerprint density at radius 3 is 2.45 bits per heavy atom. The second kappa shape index (κ2) is 7.54. The van der Waals surface area contributed by atoms with E-state index in [9.17, 15) is 9.18 Å². The molecule has 1 aliphatic rings. The van der Waals surface area contributed by atoms with Crippen LogP contribution < -0.4 is 20.7 Å². The predicted octanol–water partition coefficient (Wildman–Crippen LogP) is 5.14. The first-order chi connectivity index (χ1) is 14.6. The number of anilines is 5. The Bertz CT molecular complexity index is 1170. The molecule has 0 spiro atoms. The van der Waals surface area contributed by atoms with Crippen LogP contribution in [0, 0.1) is 26.6 Å². The van der Waals surface area contributed by atoms with E-state index in [1.807, 2.05) is 26.0 Å². The maximum atomic E-state index is 14.4. The van der Waals surface area contributed by atoms with Crippen LogP contribution >= 0.6 is 0 Å². The molecule has 0 fully saturated rings. The Labute approximate surface area is 180 Å². The van der Waals surface area contributed by atoms with E-state index in [4.69, 9.17) is 4.74 Å². The maximum absolute atomic E-state index is 14.4. The molecule has 0 radical (unpaired) electrons. The first-order valence-corrected chi connectivity index (χ1v) is 9.91. The smallest absolute Gasteiger partial charge is 0.268 e. The third-order valence-electron chi connectivity index (χ3n) is 5.33. The Kier molecular flexibility index (Phi) is 5.00. The lowest BCUT2D eigenvalue weighted by molar-refractivity contribution is -0.129. The van der Waals surface area contributed by atoms with Gasteiger partial charge < -0.3 is 20.7 Å². The highest BCUT2D eigenvalue weighted by atomic mass is 19.1. The van der Waals surface area contributed by atoms with Crippen molar-refractivity contribution >= 4 is 34.7 Å². The van der Waals surface area contributed by atoms with Gasteiger partial charge in [0.2, 0.25) is 5.95 Å². The number of aromatic nitrogens is 2. The van der Waals surface area contributed by atoms with Crippen LogP contribution in [0.1, 0.15) is 30.5 Å². The number of halogens is 1. The zero-order valence-corrected chi connectivity index (χ0v) is 18.1. The van der Waals surface area contributed by atoms with Crippen LogP contribution in [0.4, 0.5) is 33.2 Å². The molecular formula is C23H24FN5O2. The van der Waals surface area contributed by atoms with E-state index in [2.05, 4.69) is 32.8 Å². The molecule has 0 unspecified atom stereocenters. The van der Waals surface area contributed by atoms with E-state index >= 15 is 0 Å². The average molecular weight is 421 g/mol. The summed E-state index contributed by atoms with van der Waals surface area (Å²) < 4.78 is 20.1. The second-order valence-corrected chi connectivity index (χ2v) is 8.15. The van der Waals surface area contributed by atoms with Crippen LogP contribution in [0.5, 0.6) is 5.75 Å². The number of hydrogen-bond acceptors (Lipinski definition) is 6. The normalized spacial score (nSPS) is 14.3. The van der Waals surface area contributed by atoms with Gasteiger partial charge in [-0.25, -0.2) is 9.37 Å². The molecule has 31 heavy (non-hydrogen) atoms. The molecule has 0 aliphatic carbocycles. The summed E-state index contributed by atoms with van der Waals surface area (Å²) >= 11 is 0. The van der Waals surface area contributed by atoms with E-state index in [0.29, 0.717) is 17.1 Å². The molecule has 7 nitrogen and oxygen atoms in total. The molecule has 0 atom stereocenters. The summed E-state index contributed by atoms with van der Waals surface area (Å²) in [6, 6.07) is 9.11. The molecule has 3 N–H and O–H groups in total. The first-order valence-electron chi connectivity index (χ1n) is 9.91. The van der Waals surface area contributed by atoms with Crippen molar-refractivity contribution in [1.82, 2.24) is 9.97 Å². The number of carbonyl (C=O) groups is 1. The number of nitrogens with one attached hydrogen (secondary N) is 3. The van der Waals surface area contributed by atoms with Crippen molar-refractivity contribution in [3.63, 3.8) is 0 Å². The molecule has 4 rings (SSSR count). The highest BCUT2D eigenvalue weighted by Crippen LogP contribution is 2.36. The van der Waals surface area contributed by atoms with Crippen LogP contribution in [0.2, 0.25) is 0 Å². The van der Waals surface area contributed by atoms with Gasteiger partial charge in [-0.1, -0.05) is 0 Å². The summed E-state index contributed by atoms with van der Waals surface area (Å²) in [7, 11) is 0. The SMILES string of the molecule is Cc1cc(Nc2ncc(F)c(Nc3ccc4c(c3)NC(=O)C(C)(C)O4)n2)cc(C)c1C. The molecule has 0 saturated carbocycles. The van der Waals surface area contributed by atoms with E-state index < -0.39 is 11.4 Å². The fraction of sp³-hybridized carbons (Fsp3) is 0.261. The molecule has 8 heteroatoms. The Balaban J connectivity index is 1.57. The average Bonchev–Trinajstić information content (AvgIpc) is 2.69. The number of ether oxygens (including phenoxy) is 1. The lowest BCUT2D eigenvalue weighted by atomic mass is 10.0. The minimum Gasteiger partial charge on any atom is -0.476 e. The molecule has 160 valence electrons. The van der Waals surface area contributed by atoms with Crippen LogP contribution in [0.15, 0.2) is 36.5 Å². The van der Waals surface area contributed by atoms with Gasteiger partial charge in [0.25, 0.3) is 5.91 Å². The molecule has 0 bridgehead atoms. The number of benzene rings is 2. The Morgan fingerprint density at radius 2 is 1.74 bits per heavy atom. The monoisotopic (exact) mass is 421 g/mol. The van der Waals surface area contributed by atoms with E-state index in [-0.39, 0.29) is 17.7 Å². The highest BCUT2D eigenvalue weighted by Gasteiger charge is 2.35. The summed E-state index contributed by atoms with van der Waals surface area (Å²) in [5, 5.41) is 8.88. The van der Waals surface area contributed by atoms with Gasteiger partial charge in [-0.15, -0.1) is 0 Å². The van der Waals surface area contributed by atoms with Crippen molar-refractivity contribution in [1.29, 1.82) is 0 Å². The topological polar surface area (TPSA) is 88.2 Å². The quantitative estimate of drug-likeness (QED) is 0.541. The lowest BCUT2D eigenvalue weighted by Crippen LogP contribution is -2.45. The number of nitrogens with zero attached hydrogens (tertiary/aromatic N) is 2. The molecule has 1 aliphatic heterocycles. The van der Waals surface area contributed by atoms with Gasteiger partial charge in [-0.2, -0.15) is 4.98 Å². The summed E-state index contributed by atoms with van der Waals surface area (Å²) in [5.74, 6) is -0.0171. The molecule has 0 saturated heterocycles. The Hall–Kier alpha value is -3.68. The molecular weight excluding hydrogens is 397 g/mol. The number of aryl methyl sites for hydroxylation is 2. The number of fused-ring (bicyclic) bond motifs is 1. The zero-order chi connectivity index (χ0) is 22.3. The van der Waals surface area contributed by atoms with Gasteiger partial charge in [-0.3, -0.25) is 4.79 Å². The van der Waals surface area contributed by atoms with Gasteiger partial charge in [-0.05, 0) is 81.6 Å². The van der Waals surface area contributed by atoms with Crippen LogP contribution in [-0.2, 0) is 4.79 Å². The fourth-order valence-electron chi connectivity index (χ4n) is 3.28. The number of amides is 1. The van der Waals surface area contributed by atoms with Gasteiger partial charge in [0, 0.05) is 11.4 Å². The van der Waals surface area contributed by atoms with Crippen molar-refractivity contribution in [2.75, 3.05) is 16.0 Å². The predicted molar refractivity (Wildman–Crippen MR) is 119 cm³/mol. The largest absolute Gasteiger partial charge is 0.476 e. The number of rotatable bonds is 4. The molecule has 2 aromatic carbocycles. The summed E-state index contributed by atoms with van der Waals surface area (Å²) in [4.78, 5) is 20.5. The first kappa shape index (κ1) is 20.6. The zero-order valence-electron chi connectivity index (χ0n) is 18.1. The van der Waals surface area contributed by atoms with Crippen molar-refractivity contribution in [2.45, 2.75) is 40.2 Å². The van der Waals surface area contributed by atoms with Gasteiger partial charge in [0.15, 0.2) is 17.2 Å². The highest BCUT2D eigenvalue weighted by molar-refractivity contribution is 6.00. The van der Waals surface area contributed by atoms with E-state index in [1.165, 1.54) is 5.56 Å². The van der Waals surface area contributed by atoms with Gasteiger partial charge in [0.05, 0.1) is 11.9 Å². The number of hydrogen-bond donors (Lipinski definition) is 3. The van der Waals surface area contributed by atoms with Gasteiger partial charge >= 0.3 is 0 Å². The second-order valence-electron chi connectivity index (χ2n) is 8.15. The van der Waals surface area contributed by atoms with E-state index in [0.717, 1.165) is 23.0 Å². The van der Waals surface area contributed by atoms with Crippen molar-refractivity contribution in [3.8, 4) is 5.75 Å². The van der Waals surface area contributed by atoms with Crippen molar-refractivity contribution < 1.29 is 13.9 Å². The van der Waals surface area contributed by atoms with E-state index in [1.54, 1.807) is 32.0 Å². The van der Waals surface area contributed by atoms with Crippen molar-refractivity contribution in [3.05, 3.63) is 59.0 Å². The third-order valence-corrected chi connectivity index (χ3v) is 5.33. The third kappa shape index (κ3) is 4.14. The fourth-order valence-corrected chi connectivity index (χ4v) is 3.28. The molecule has 2 heterocycles. The molecule has 1 amide bonds. The molecule has 3 aromatic rings. The van der Waals surface area contributed by atoms with Crippen LogP contribution in [0.3, 0.4) is 0 Å². The summed E-state index contributed by atoms with van der Waals surface area (Å²) in [5.41, 5.74) is 4.44. The number of carbonyl (C=O) groups excluding carboxylic acids is 1. The van der Waals surface area contributed by atoms with Crippen LogP contribution in [0.25, 0.3) is 0 Å². The summed E-state index contributed by atoms with van der Waals surface area (Å²) in [6.07, 6.45) is 1.11. The van der Waals surface area contributed by atoms with Crippen LogP contribution in [-0.4, -0.2) is 21.5 Å². The Morgan fingerprint density at radius 1 is 1.03 bits per heavy atom. The maximum Gasteiger partial charge on any atom is 0.268 e. The van der Waals surface area contributed by atoms with Crippen molar-refractivity contribution in [2.24, 2.45) is 0 Å².